The van der Waals surface area contributed by atoms with E-state index in [9.17, 15) is 16.8 Å². The second-order valence-electron chi connectivity index (χ2n) is 4.74. The quantitative estimate of drug-likeness (QED) is 0.834. The van der Waals surface area contributed by atoms with E-state index in [0.29, 0.717) is 18.4 Å². The lowest BCUT2D eigenvalue weighted by atomic mass is 10.3. The van der Waals surface area contributed by atoms with Gasteiger partial charge in [0, 0.05) is 17.2 Å². The van der Waals surface area contributed by atoms with Gasteiger partial charge >= 0.3 is 0 Å². The van der Waals surface area contributed by atoms with Gasteiger partial charge in [0.2, 0.25) is 10.0 Å². The van der Waals surface area contributed by atoms with Crippen molar-refractivity contribution in [3.05, 3.63) is 24.3 Å². The minimum Gasteiger partial charge on any atom is -0.211 e. The molecule has 0 amide bonds. The molecule has 1 aromatic rings. The summed E-state index contributed by atoms with van der Waals surface area (Å²) in [5, 5.41) is 0. The maximum Gasteiger partial charge on any atom is 0.261 e. The largest absolute Gasteiger partial charge is 0.261 e. The maximum absolute atomic E-state index is 12.0. The molecule has 1 aromatic carbocycles. The van der Waals surface area contributed by atoms with Gasteiger partial charge in [-0.15, -0.1) is 0 Å². The lowest BCUT2D eigenvalue weighted by molar-refractivity contribution is 0.574. The maximum atomic E-state index is 12.0. The van der Waals surface area contributed by atoms with Crippen molar-refractivity contribution in [1.82, 2.24) is 4.72 Å². The number of rotatable bonds is 5. The van der Waals surface area contributed by atoms with Gasteiger partial charge in [0.05, 0.1) is 9.79 Å². The summed E-state index contributed by atoms with van der Waals surface area (Å²) < 4.78 is 48.8. The molecular weight excluding hydrogens is 310 g/mol. The highest BCUT2D eigenvalue weighted by atomic mass is 35.7. The third-order valence-electron chi connectivity index (χ3n) is 3.21. The van der Waals surface area contributed by atoms with Crippen LogP contribution in [0.4, 0.5) is 0 Å². The summed E-state index contributed by atoms with van der Waals surface area (Å²) in [6, 6.07) is 5.00. The van der Waals surface area contributed by atoms with E-state index >= 15 is 0 Å². The van der Waals surface area contributed by atoms with Gasteiger partial charge in [0.25, 0.3) is 9.05 Å². The van der Waals surface area contributed by atoms with Crippen molar-refractivity contribution in [3.8, 4) is 0 Å². The molecule has 2 rings (SSSR count). The Bertz CT molecular complexity index is 684. The van der Waals surface area contributed by atoms with Crippen molar-refractivity contribution in [1.29, 1.82) is 0 Å². The van der Waals surface area contributed by atoms with E-state index in [1.54, 1.807) is 0 Å². The Balaban J connectivity index is 2.20. The molecule has 1 N–H and O–H groups in total. The predicted octanol–water partition coefficient (Wildman–Crippen LogP) is 1.55. The van der Waals surface area contributed by atoms with Gasteiger partial charge in [0.15, 0.2) is 0 Å². The van der Waals surface area contributed by atoms with Crippen LogP contribution in [-0.2, 0) is 19.1 Å². The Hall–Kier alpha value is -0.630. The van der Waals surface area contributed by atoms with Crippen molar-refractivity contribution in [3.63, 3.8) is 0 Å². The van der Waals surface area contributed by atoms with Gasteiger partial charge in [-0.05, 0) is 36.5 Å². The Labute approximate surface area is 117 Å². The van der Waals surface area contributed by atoms with Gasteiger partial charge in [-0.1, -0.05) is 13.0 Å². The molecule has 106 valence electrons. The van der Waals surface area contributed by atoms with Gasteiger partial charge < -0.3 is 0 Å². The molecule has 0 saturated heterocycles. The number of sulfonamides is 1. The molecular formula is C11H14ClNO4S2. The third kappa shape index (κ3) is 3.68. The molecule has 0 radical (unpaired) electrons. The molecule has 0 spiro atoms. The summed E-state index contributed by atoms with van der Waals surface area (Å²) in [5.74, 6) is 0.909. The third-order valence-corrected chi connectivity index (χ3v) is 5.98. The fourth-order valence-corrected chi connectivity index (χ4v) is 3.79. The van der Waals surface area contributed by atoms with Crippen LogP contribution in [0, 0.1) is 11.8 Å². The summed E-state index contributed by atoms with van der Waals surface area (Å²) in [5.41, 5.74) is 0. The summed E-state index contributed by atoms with van der Waals surface area (Å²) in [6.45, 7) is 2.43. The molecule has 2 unspecified atom stereocenters. The Morgan fingerprint density at radius 2 is 1.84 bits per heavy atom. The summed E-state index contributed by atoms with van der Waals surface area (Å²) in [7, 11) is -2.43. The van der Waals surface area contributed by atoms with E-state index < -0.39 is 19.1 Å². The molecule has 0 heterocycles. The van der Waals surface area contributed by atoms with Gasteiger partial charge in [-0.2, -0.15) is 0 Å². The topological polar surface area (TPSA) is 80.3 Å². The van der Waals surface area contributed by atoms with Crippen LogP contribution in [0.3, 0.4) is 0 Å². The van der Waals surface area contributed by atoms with E-state index in [4.69, 9.17) is 10.7 Å². The molecule has 1 aliphatic carbocycles. The number of hydrogen-bond donors (Lipinski definition) is 1. The molecule has 5 nitrogen and oxygen atoms in total. The van der Waals surface area contributed by atoms with Crippen LogP contribution < -0.4 is 4.72 Å². The first-order valence-electron chi connectivity index (χ1n) is 5.74. The minimum absolute atomic E-state index is 0.0949. The molecule has 0 bridgehead atoms. The van der Waals surface area contributed by atoms with Crippen molar-refractivity contribution < 1.29 is 16.8 Å². The number of hydrogen-bond acceptors (Lipinski definition) is 4. The normalized spacial score (nSPS) is 23.3. The highest BCUT2D eigenvalue weighted by molar-refractivity contribution is 8.13. The van der Waals surface area contributed by atoms with Gasteiger partial charge in [-0.25, -0.2) is 21.6 Å². The Morgan fingerprint density at radius 3 is 2.37 bits per heavy atom. The van der Waals surface area contributed by atoms with E-state index in [1.807, 2.05) is 0 Å². The smallest absolute Gasteiger partial charge is 0.211 e. The fourth-order valence-electron chi connectivity index (χ4n) is 1.78. The lowest BCUT2D eigenvalue weighted by Crippen LogP contribution is -2.26. The van der Waals surface area contributed by atoms with E-state index in [0.717, 1.165) is 12.5 Å². The second kappa shape index (κ2) is 5.05. The van der Waals surface area contributed by atoms with Crippen LogP contribution in [0.15, 0.2) is 34.1 Å². The number of benzene rings is 1. The summed E-state index contributed by atoms with van der Waals surface area (Å²) >= 11 is 0. The minimum atomic E-state index is -3.93. The van der Waals surface area contributed by atoms with E-state index in [1.165, 1.54) is 18.2 Å². The number of halogens is 1. The monoisotopic (exact) mass is 323 g/mol. The predicted molar refractivity (Wildman–Crippen MR) is 71.9 cm³/mol. The van der Waals surface area contributed by atoms with Gasteiger partial charge in [0.1, 0.15) is 0 Å². The molecule has 0 aromatic heterocycles. The van der Waals surface area contributed by atoms with Crippen LogP contribution in [0.2, 0.25) is 0 Å². The van der Waals surface area contributed by atoms with Crippen LogP contribution in [0.25, 0.3) is 0 Å². The Kier molecular flexibility index (Phi) is 3.92. The molecule has 2 atom stereocenters. The van der Waals surface area contributed by atoms with Crippen LogP contribution in [0.1, 0.15) is 13.3 Å². The molecule has 0 aliphatic heterocycles. The zero-order valence-corrected chi connectivity index (χ0v) is 12.6. The lowest BCUT2D eigenvalue weighted by Gasteiger charge is -2.07. The average Bonchev–Trinajstić information content (AvgIpc) is 3.02. The second-order valence-corrected chi connectivity index (χ2v) is 9.07. The van der Waals surface area contributed by atoms with E-state index in [-0.39, 0.29) is 9.79 Å². The van der Waals surface area contributed by atoms with Crippen molar-refractivity contribution in [2.75, 3.05) is 6.54 Å². The van der Waals surface area contributed by atoms with Crippen LogP contribution in [0.5, 0.6) is 0 Å². The van der Waals surface area contributed by atoms with Gasteiger partial charge in [-0.3, -0.25) is 0 Å². The highest BCUT2D eigenvalue weighted by Gasteiger charge is 2.33. The Morgan fingerprint density at radius 1 is 1.26 bits per heavy atom. The van der Waals surface area contributed by atoms with Crippen LogP contribution in [-0.4, -0.2) is 23.4 Å². The number of nitrogens with one attached hydrogen (secondary N) is 1. The first-order valence-corrected chi connectivity index (χ1v) is 9.54. The first-order chi connectivity index (χ1) is 8.70. The summed E-state index contributed by atoms with van der Waals surface area (Å²) in [6.07, 6.45) is 1.01. The van der Waals surface area contributed by atoms with E-state index in [2.05, 4.69) is 11.6 Å². The molecule has 1 saturated carbocycles. The molecule has 8 heteroatoms. The molecule has 1 aliphatic rings. The zero-order valence-electron chi connectivity index (χ0n) is 10.2. The molecule has 19 heavy (non-hydrogen) atoms. The van der Waals surface area contributed by atoms with Crippen molar-refractivity contribution >= 4 is 29.8 Å². The molecule has 1 fully saturated rings. The average molecular weight is 324 g/mol. The SMILES string of the molecule is CC1CC1CNS(=O)(=O)c1cccc(S(=O)(=O)Cl)c1. The fraction of sp³-hybridized carbons (Fsp3) is 0.455. The van der Waals surface area contributed by atoms with Crippen molar-refractivity contribution in [2.24, 2.45) is 11.8 Å². The first kappa shape index (κ1) is 14.8. The van der Waals surface area contributed by atoms with Crippen molar-refractivity contribution in [2.45, 2.75) is 23.1 Å². The van der Waals surface area contributed by atoms with Crippen LogP contribution >= 0.6 is 10.7 Å². The summed E-state index contributed by atoms with van der Waals surface area (Å²) in [4.78, 5) is -0.320. The zero-order chi connectivity index (χ0) is 14.3. The standard InChI is InChI=1S/C11H14ClNO4S2/c1-8-5-9(8)7-13-19(16,17)11-4-2-3-10(6-11)18(12,14)15/h2-4,6,8-9,13H,5,7H2,1H3. The highest BCUT2D eigenvalue weighted by Crippen LogP contribution is 2.37.